The van der Waals surface area contributed by atoms with E-state index in [-0.39, 0.29) is 12.3 Å². The lowest BCUT2D eigenvalue weighted by Gasteiger charge is -2.28. The lowest BCUT2D eigenvalue weighted by atomic mass is 10.1. The molecule has 8 nitrogen and oxygen atoms in total. The number of phenols is 1. The molecule has 1 amide bonds. The van der Waals surface area contributed by atoms with Crippen molar-refractivity contribution < 1.29 is 33.2 Å². The molecule has 166 valence electrons. The Morgan fingerprint density at radius 2 is 1.84 bits per heavy atom. The number of hydrogen-bond donors (Lipinski definition) is 1. The van der Waals surface area contributed by atoms with Crippen molar-refractivity contribution in [1.29, 1.82) is 0 Å². The largest absolute Gasteiger partial charge is 0.505 e. The van der Waals surface area contributed by atoms with Gasteiger partial charge in [-0.05, 0) is 30.3 Å². The highest BCUT2D eigenvalue weighted by atomic mass is 19.1. The van der Waals surface area contributed by atoms with E-state index in [0.717, 1.165) is 38.9 Å². The second-order valence-electron chi connectivity index (χ2n) is 7.27. The first kappa shape index (κ1) is 21.4. The normalized spacial score (nSPS) is 16.7. The fourth-order valence-electron chi connectivity index (χ4n) is 3.44. The molecule has 1 fully saturated rings. The fraction of sp³-hybridized carbons (Fsp3) is 0.409. The molecule has 0 spiro atoms. The first-order valence-electron chi connectivity index (χ1n) is 10.2. The van der Waals surface area contributed by atoms with Gasteiger partial charge in [-0.1, -0.05) is 0 Å². The van der Waals surface area contributed by atoms with Gasteiger partial charge in [0, 0.05) is 37.0 Å². The van der Waals surface area contributed by atoms with Crippen LogP contribution in [0, 0.1) is 5.82 Å². The minimum absolute atomic E-state index is 0.141. The number of benzene rings is 2. The van der Waals surface area contributed by atoms with Crippen LogP contribution >= 0.6 is 0 Å². The number of halogens is 1. The van der Waals surface area contributed by atoms with Crippen molar-refractivity contribution in [2.75, 3.05) is 57.6 Å². The molecule has 1 saturated heterocycles. The molecular weight excluding hydrogens is 407 g/mol. The van der Waals surface area contributed by atoms with E-state index >= 15 is 0 Å². The van der Waals surface area contributed by atoms with E-state index in [1.54, 1.807) is 24.3 Å². The maximum Gasteiger partial charge on any atom is 0.420 e. The molecule has 1 N–H and O–H groups in total. The summed E-state index contributed by atoms with van der Waals surface area (Å²) >= 11 is 0. The summed E-state index contributed by atoms with van der Waals surface area (Å²) in [6.45, 7) is 6.03. The van der Waals surface area contributed by atoms with Gasteiger partial charge in [0.05, 0.1) is 33.0 Å². The number of carbonyl (C=O) groups is 1. The average molecular weight is 432 g/mol. The van der Waals surface area contributed by atoms with Crippen LogP contribution in [-0.2, 0) is 16.0 Å². The maximum absolute atomic E-state index is 13.6. The van der Waals surface area contributed by atoms with Crippen LogP contribution in [0.1, 0.15) is 5.56 Å². The van der Waals surface area contributed by atoms with Crippen molar-refractivity contribution >= 4 is 11.8 Å². The van der Waals surface area contributed by atoms with Gasteiger partial charge in [-0.15, -0.1) is 0 Å². The van der Waals surface area contributed by atoms with Crippen LogP contribution in [0.2, 0.25) is 0 Å². The average Bonchev–Trinajstić information content (AvgIpc) is 2.78. The van der Waals surface area contributed by atoms with Crippen molar-refractivity contribution in [2.24, 2.45) is 0 Å². The van der Waals surface area contributed by atoms with E-state index in [2.05, 4.69) is 4.90 Å². The number of rotatable bonds is 8. The molecule has 0 radical (unpaired) electrons. The molecule has 0 aliphatic carbocycles. The number of hydrogen-bond acceptors (Lipinski definition) is 7. The maximum atomic E-state index is 13.6. The summed E-state index contributed by atoms with van der Waals surface area (Å²) < 4.78 is 35.5. The standard InChI is InChI=1S/C22H25FN2O6/c23-19-13-16-15-25(22(27)31-21(16)14-20(19)26)17-1-3-18(4-2-17)30-12-11-29-10-7-24-5-8-28-9-6-24/h1-4,13-14,26H,5-12,15H2. The van der Waals surface area contributed by atoms with Crippen molar-refractivity contribution in [1.82, 2.24) is 4.90 Å². The van der Waals surface area contributed by atoms with Crippen LogP contribution in [-0.4, -0.2) is 68.8 Å². The lowest BCUT2D eigenvalue weighted by Crippen LogP contribution is -2.38. The summed E-state index contributed by atoms with van der Waals surface area (Å²) in [5.41, 5.74) is 1.07. The Labute approximate surface area is 179 Å². The molecule has 4 rings (SSSR count). The minimum Gasteiger partial charge on any atom is -0.505 e. The number of fused-ring (bicyclic) bond motifs is 1. The molecule has 0 unspecified atom stereocenters. The van der Waals surface area contributed by atoms with Gasteiger partial charge >= 0.3 is 6.09 Å². The predicted molar refractivity (Wildman–Crippen MR) is 110 cm³/mol. The summed E-state index contributed by atoms with van der Waals surface area (Å²) in [7, 11) is 0. The second kappa shape index (κ2) is 9.95. The molecule has 2 aliphatic rings. The monoisotopic (exact) mass is 432 g/mol. The molecule has 2 aromatic carbocycles. The van der Waals surface area contributed by atoms with E-state index in [9.17, 15) is 14.3 Å². The van der Waals surface area contributed by atoms with Crippen LogP contribution < -0.4 is 14.4 Å². The predicted octanol–water partition coefficient (Wildman–Crippen LogP) is 2.78. The van der Waals surface area contributed by atoms with Gasteiger partial charge in [-0.3, -0.25) is 9.80 Å². The minimum atomic E-state index is -0.757. The molecule has 0 aromatic heterocycles. The molecule has 2 aromatic rings. The number of phenolic OH excluding ortho intramolecular Hbond substituents is 1. The highest BCUT2D eigenvalue weighted by Crippen LogP contribution is 2.34. The summed E-state index contributed by atoms with van der Waals surface area (Å²) in [5, 5.41) is 9.44. The topological polar surface area (TPSA) is 80.7 Å². The quantitative estimate of drug-likeness (QED) is 0.643. The molecule has 9 heteroatoms. The second-order valence-corrected chi connectivity index (χ2v) is 7.27. The van der Waals surface area contributed by atoms with Gasteiger partial charge in [0.2, 0.25) is 0 Å². The van der Waals surface area contributed by atoms with Crippen LogP contribution in [0.4, 0.5) is 14.9 Å². The van der Waals surface area contributed by atoms with Gasteiger partial charge in [0.15, 0.2) is 11.6 Å². The molecule has 0 bridgehead atoms. The summed E-state index contributed by atoms with van der Waals surface area (Å²) in [6.07, 6.45) is -0.596. The van der Waals surface area contributed by atoms with Crippen molar-refractivity contribution in [3.8, 4) is 17.2 Å². The molecule has 31 heavy (non-hydrogen) atoms. The molecular formula is C22H25FN2O6. The smallest absolute Gasteiger partial charge is 0.420 e. The zero-order chi connectivity index (χ0) is 21.6. The van der Waals surface area contributed by atoms with Gasteiger partial charge in [0.1, 0.15) is 18.1 Å². The van der Waals surface area contributed by atoms with E-state index in [1.807, 2.05) is 0 Å². The van der Waals surface area contributed by atoms with E-state index in [4.69, 9.17) is 18.9 Å². The number of nitrogens with zero attached hydrogens (tertiary/aromatic N) is 2. The Bertz CT molecular complexity index is 902. The van der Waals surface area contributed by atoms with Crippen LogP contribution in [0.5, 0.6) is 17.2 Å². The Hall–Kier alpha value is -2.88. The SMILES string of the molecule is O=C1Oc2cc(O)c(F)cc2CN1c1ccc(OCCOCCN2CCOCC2)cc1. The number of amides is 1. The Kier molecular flexibility index (Phi) is 6.86. The third kappa shape index (κ3) is 5.43. The van der Waals surface area contributed by atoms with Crippen LogP contribution in [0.15, 0.2) is 36.4 Å². The Balaban J connectivity index is 1.23. The van der Waals surface area contributed by atoms with E-state index in [0.29, 0.717) is 36.8 Å². The van der Waals surface area contributed by atoms with Crippen LogP contribution in [0.25, 0.3) is 0 Å². The molecule has 0 saturated carbocycles. The summed E-state index contributed by atoms with van der Waals surface area (Å²) in [4.78, 5) is 16.0. The van der Waals surface area contributed by atoms with Crippen molar-refractivity contribution in [3.63, 3.8) is 0 Å². The third-order valence-electron chi connectivity index (χ3n) is 5.18. The molecule has 0 atom stereocenters. The highest BCUT2D eigenvalue weighted by Gasteiger charge is 2.27. The van der Waals surface area contributed by atoms with Gasteiger partial charge in [-0.25, -0.2) is 9.18 Å². The zero-order valence-electron chi connectivity index (χ0n) is 17.1. The zero-order valence-corrected chi connectivity index (χ0v) is 17.1. The summed E-state index contributed by atoms with van der Waals surface area (Å²) in [5.74, 6) is -0.491. The molecule has 2 heterocycles. The summed E-state index contributed by atoms with van der Waals surface area (Å²) in [6, 6.07) is 9.25. The van der Waals surface area contributed by atoms with Gasteiger partial charge in [0.25, 0.3) is 0 Å². The Morgan fingerprint density at radius 1 is 1.06 bits per heavy atom. The van der Waals surface area contributed by atoms with Crippen molar-refractivity contribution in [2.45, 2.75) is 6.54 Å². The third-order valence-corrected chi connectivity index (χ3v) is 5.18. The van der Waals surface area contributed by atoms with Crippen molar-refractivity contribution in [3.05, 3.63) is 47.8 Å². The first-order chi connectivity index (χ1) is 15.1. The van der Waals surface area contributed by atoms with E-state index in [1.165, 1.54) is 11.0 Å². The van der Waals surface area contributed by atoms with Crippen LogP contribution in [0.3, 0.4) is 0 Å². The highest BCUT2D eigenvalue weighted by molar-refractivity contribution is 5.91. The van der Waals surface area contributed by atoms with Gasteiger partial charge < -0.3 is 24.1 Å². The fourth-order valence-corrected chi connectivity index (χ4v) is 3.44. The van der Waals surface area contributed by atoms with E-state index < -0.39 is 17.7 Å². The number of anilines is 1. The molecule has 2 aliphatic heterocycles. The number of carbonyl (C=O) groups excluding carboxylic acids is 1. The number of morpholine rings is 1. The first-order valence-corrected chi connectivity index (χ1v) is 10.2. The number of aromatic hydroxyl groups is 1. The Morgan fingerprint density at radius 3 is 2.61 bits per heavy atom. The number of ether oxygens (including phenoxy) is 4. The lowest BCUT2D eigenvalue weighted by molar-refractivity contribution is 0.0170. The van der Waals surface area contributed by atoms with Gasteiger partial charge in [-0.2, -0.15) is 0 Å².